The Kier molecular flexibility index (Phi) is 4.36. The predicted octanol–water partition coefficient (Wildman–Crippen LogP) is 3.26. The van der Waals surface area contributed by atoms with Crippen LogP contribution in [-0.4, -0.2) is 18.1 Å². The fourth-order valence-electron chi connectivity index (χ4n) is 2.41. The van der Waals surface area contributed by atoms with Gasteiger partial charge in [0.25, 0.3) is 0 Å². The van der Waals surface area contributed by atoms with Crippen LogP contribution in [0.15, 0.2) is 0 Å². The lowest BCUT2D eigenvalue weighted by Crippen LogP contribution is -2.25. The Morgan fingerprint density at radius 1 is 1.50 bits per heavy atom. The molecular weight excluding hydrogens is 216 g/mol. The summed E-state index contributed by atoms with van der Waals surface area (Å²) in [5.41, 5.74) is 1.40. The number of hydrogen-bond donors (Lipinski definition) is 1. The van der Waals surface area contributed by atoms with E-state index in [9.17, 15) is 0 Å². The first-order valence-electron chi connectivity index (χ1n) is 6.48. The van der Waals surface area contributed by atoms with Crippen molar-refractivity contribution in [2.75, 3.05) is 13.1 Å². The highest BCUT2D eigenvalue weighted by Gasteiger charge is 2.23. The van der Waals surface area contributed by atoms with Gasteiger partial charge in [0.1, 0.15) is 0 Å². The van der Waals surface area contributed by atoms with Gasteiger partial charge < -0.3 is 5.32 Å². The molecule has 1 aromatic rings. The minimum Gasteiger partial charge on any atom is -0.316 e. The molecule has 3 heteroatoms. The molecule has 0 spiro atoms. The largest absolute Gasteiger partial charge is 0.316 e. The average molecular weight is 238 g/mol. The molecule has 0 saturated heterocycles. The van der Waals surface area contributed by atoms with Crippen molar-refractivity contribution in [3.63, 3.8) is 0 Å². The number of aromatic nitrogens is 1. The van der Waals surface area contributed by atoms with Crippen molar-refractivity contribution in [3.05, 3.63) is 15.6 Å². The molecule has 16 heavy (non-hydrogen) atoms. The summed E-state index contributed by atoms with van der Waals surface area (Å²) < 4.78 is 0. The molecule has 2 rings (SSSR count). The topological polar surface area (TPSA) is 24.9 Å². The van der Waals surface area contributed by atoms with E-state index >= 15 is 0 Å². The number of unbranched alkanes of at least 4 members (excludes halogenated alkanes) is 1. The first-order chi connectivity index (χ1) is 7.81. The van der Waals surface area contributed by atoms with Gasteiger partial charge in [0, 0.05) is 17.3 Å². The van der Waals surface area contributed by atoms with Crippen LogP contribution in [0.2, 0.25) is 0 Å². The van der Waals surface area contributed by atoms with E-state index < -0.39 is 0 Å². The second kappa shape index (κ2) is 5.78. The van der Waals surface area contributed by atoms with E-state index in [0.717, 1.165) is 13.1 Å². The van der Waals surface area contributed by atoms with Crippen molar-refractivity contribution >= 4 is 11.3 Å². The first-order valence-corrected chi connectivity index (χ1v) is 7.29. The maximum Gasteiger partial charge on any atom is 0.0900 e. The zero-order valence-electron chi connectivity index (χ0n) is 10.4. The highest BCUT2D eigenvalue weighted by atomic mass is 32.1. The number of fused-ring (bicyclic) bond motifs is 1. The van der Waals surface area contributed by atoms with Crippen LogP contribution in [0.25, 0.3) is 0 Å². The Hall–Kier alpha value is -0.410. The fourth-order valence-corrected chi connectivity index (χ4v) is 3.47. The molecule has 0 saturated carbocycles. The van der Waals surface area contributed by atoms with E-state index in [1.54, 1.807) is 4.88 Å². The quantitative estimate of drug-likeness (QED) is 0.796. The number of aryl methyl sites for hydroxylation is 2. The summed E-state index contributed by atoms with van der Waals surface area (Å²) in [5.74, 6) is 0.672. The van der Waals surface area contributed by atoms with Gasteiger partial charge in [-0.3, -0.25) is 0 Å². The molecule has 0 bridgehead atoms. The second-order valence-corrected chi connectivity index (χ2v) is 5.98. The van der Waals surface area contributed by atoms with Gasteiger partial charge in [0.2, 0.25) is 0 Å². The Bertz CT molecular complexity index is 333. The van der Waals surface area contributed by atoms with E-state index in [1.165, 1.54) is 42.8 Å². The first kappa shape index (κ1) is 12.1. The summed E-state index contributed by atoms with van der Waals surface area (Å²) in [7, 11) is 0. The molecule has 1 unspecified atom stereocenters. The number of hydrogen-bond acceptors (Lipinski definition) is 3. The Balaban J connectivity index is 1.91. The van der Waals surface area contributed by atoms with Crippen LogP contribution in [0.5, 0.6) is 0 Å². The molecule has 90 valence electrons. The van der Waals surface area contributed by atoms with E-state index in [4.69, 9.17) is 4.98 Å². The van der Waals surface area contributed by atoms with E-state index in [2.05, 4.69) is 19.2 Å². The Morgan fingerprint density at radius 3 is 3.19 bits per heavy atom. The van der Waals surface area contributed by atoms with Gasteiger partial charge in [0.15, 0.2) is 0 Å². The highest BCUT2D eigenvalue weighted by molar-refractivity contribution is 7.11. The Labute approximate surface area is 102 Å². The molecule has 1 aliphatic carbocycles. The van der Waals surface area contributed by atoms with Crippen LogP contribution in [0.3, 0.4) is 0 Å². The fraction of sp³-hybridized carbons (Fsp3) is 0.769. The summed E-state index contributed by atoms with van der Waals surface area (Å²) in [5, 5.41) is 4.81. The summed E-state index contributed by atoms with van der Waals surface area (Å²) in [6.45, 7) is 6.65. The number of nitrogens with zero attached hydrogens (tertiary/aromatic N) is 1. The van der Waals surface area contributed by atoms with E-state index in [0.29, 0.717) is 5.92 Å². The van der Waals surface area contributed by atoms with Crippen molar-refractivity contribution in [3.8, 4) is 0 Å². The average Bonchev–Trinajstić information content (AvgIpc) is 2.65. The van der Waals surface area contributed by atoms with Crippen LogP contribution in [0, 0.1) is 6.92 Å². The Morgan fingerprint density at radius 2 is 2.38 bits per heavy atom. The SMILES string of the molecule is CCCCNCC1CCCc2sc(C)nc21. The standard InChI is InChI=1S/C13H22N2S/c1-3-4-8-14-9-11-6-5-7-12-13(11)15-10(2)16-12/h11,14H,3-9H2,1-2H3. The molecule has 1 atom stereocenters. The van der Waals surface area contributed by atoms with Crippen molar-refractivity contribution in [1.29, 1.82) is 0 Å². The summed E-state index contributed by atoms with van der Waals surface area (Å²) >= 11 is 1.90. The molecule has 0 radical (unpaired) electrons. The molecule has 0 aromatic carbocycles. The van der Waals surface area contributed by atoms with Crippen LogP contribution >= 0.6 is 11.3 Å². The molecular formula is C13H22N2S. The minimum absolute atomic E-state index is 0.672. The lowest BCUT2D eigenvalue weighted by Gasteiger charge is -2.21. The van der Waals surface area contributed by atoms with Crippen LogP contribution in [0.4, 0.5) is 0 Å². The van der Waals surface area contributed by atoms with Crippen LogP contribution in [-0.2, 0) is 6.42 Å². The molecule has 0 amide bonds. The zero-order valence-corrected chi connectivity index (χ0v) is 11.2. The molecule has 1 aliphatic rings. The highest BCUT2D eigenvalue weighted by Crippen LogP contribution is 2.34. The summed E-state index contributed by atoms with van der Waals surface area (Å²) in [6.07, 6.45) is 6.48. The number of nitrogens with one attached hydrogen (secondary N) is 1. The monoisotopic (exact) mass is 238 g/mol. The summed E-state index contributed by atoms with van der Waals surface area (Å²) in [6, 6.07) is 0. The predicted molar refractivity (Wildman–Crippen MR) is 70.3 cm³/mol. The van der Waals surface area contributed by atoms with E-state index in [1.807, 2.05) is 11.3 Å². The minimum atomic E-state index is 0.672. The third-order valence-corrected chi connectivity index (χ3v) is 4.32. The van der Waals surface area contributed by atoms with Crippen molar-refractivity contribution in [2.24, 2.45) is 0 Å². The molecule has 1 aromatic heterocycles. The maximum atomic E-state index is 4.71. The van der Waals surface area contributed by atoms with Gasteiger partial charge in [-0.1, -0.05) is 13.3 Å². The van der Waals surface area contributed by atoms with Gasteiger partial charge >= 0.3 is 0 Å². The third-order valence-electron chi connectivity index (χ3n) is 3.28. The van der Waals surface area contributed by atoms with E-state index in [-0.39, 0.29) is 0 Å². The van der Waals surface area contributed by atoms with Gasteiger partial charge in [-0.25, -0.2) is 4.98 Å². The van der Waals surface area contributed by atoms with Gasteiger partial charge in [-0.15, -0.1) is 11.3 Å². The zero-order chi connectivity index (χ0) is 11.4. The van der Waals surface area contributed by atoms with Gasteiger partial charge in [0.05, 0.1) is 10.7 Å². The van der Waals surface area contributed by atoms with Crippen LogP contribution in [0.1, 0.15) is 54.1 Å². The molecule has 1 N–H and O–H groups in total. The van der Waals surface area contributed by atoms with Gasteiger partial charge in [-0.2, -0.15) is 0 Å². The van der Waals surface area contributed by atoms with Gasteiger partial charge in [-0.05, 0) is 39.2 Å². The van der Waals surface area contributed by atoms with Crippen molar-refractivity contribution in [1.82, 2.24) is 10.3 Å². The molecule has 1 heterocycles. The number of thiazole rings is 1. The van der Waals surface area contributed by atoms with Crippen molar-refractivity contribution in [2.45, 2.75) is 51.9 Å². The molecule has 2 nitrogen and oxygen atoms in total. The lowest BCUT2D eigenvalue weighted by atomic mass is 9.91. The normalized spacial score (nSPS) is 19.8. The van der Waals surface area contributed by atoms with Crippen molar-refractivity contribution < 1.29 is 0 Å². The third kappa shape index (κ3) is 2.83. The lowest BCUT2D eigenvalue weighted by molar-refractivity contribution is 0.496. The maximum absolute atomic E-state index is 4.71. The molecule has 0 fully saturated rings. The van der Waals surface area contributed by atoms with Crippen LogP contribution < -0.4 is 5.32 Å². The summed E-state index contributed by atoms with van der Waals surface area (Å²) in [4.78, 5) is 6.26. The second-order valence-electron chi connectivity index (χ2n) is 4.69. The number of rotatable bonds is 5. The smallest absolute Gasteiger partial charge is 0.0900 e. The molecule has 0 aliphatic heterocycles.